The molecule has 4 aliphatic carbocycles. The van der Waals surface area contributed by atoms with Crippen LogP contribution in [0.15, 0.2) is 34.9 Å². The fraction of sp³-hybridized carbons (Fsp3) is 0.731. The molecule has 0 aromatic heterocycles. The monoisotopic (exact) mass is 397 g/mol. The zero-order valence-electron chi connectivity index (χ0n) is 18.9. The van der Waals surface area contributed by atoms with Gasteiger partial charge in [-0.2, -0.15) is 0 Å². The lowest BCUT2D eigenvalue weighted by Gasteiger charge is -2.54. The first-order chi connectivity index (χ1) is 13.9. The maximum atomic E-state index is 11.7. The minimum absolute atomic E-state index is 0.142. The summed E-state index contributed by atoms with van der Waals surface area (Å²) in [5.74, 6) is 1.59. The second-order valence-electron chi connectivity index (χ2n) is 10.4. The minimum Gasteiger partial charge on any atom is -0.381 e. The number of carbonyl (C=O) groups is 1. The summed E-state index contributed by atoms with van der Waals surface area (Å²) >= 11 is 0. The molecule has 0 unspecified atom stereocenters. The molecule has 29 heavy (non-hydrogen) atoms. The molecule has 3 heteroatoms. The second-order valence-corrected chi connectivity index (χ2v) is 10.4. The maximum Gasteiger partial charge on any atom is 0.224 e. The molecule has 4 aliphatic rings. The van der Waals surface area contributed by atoms with Gasteiger partial charge in [-0.05, 0) is 67.6 Å². The summed E-state index contributed by atoms with van der Waals surface area (Å²) in [7, 11) is 3.60. The van der Waals surface area contributed by atoms with E-state index in [9.17, 15) is 4.79 Å². The fourth-order valence-electron chi connectivity index (χ4n) is 6.77. The van der Waals surface area contributed by atoms with Crippen LogP contribution < -0.4 is 0 Å². The lowest BCUT2D eigenvalue weighted by molar-refractivity contribution is -0.129. The van der Waals surface area contributed by atoms with E-state index in [2.05, 4.69) is 32.1 Å². The lowest BCUT2D eigenvalue weighted by Crippen LogP contribution is -2.44. The molecule has 0 spiro atoms. The molecule has 0 N–H and O–H groups in total. The van der Waals surface area contributed by atoms with Crippen LogP contribution in [0.5, 0.6) is 0 Å². The number of ether oxygens (including phenoxy) is 1. The molecule has 0 aromatic rings. The van der Waals surface area contributed by atoms with Crippen LogP contribution in [0.2, 0.25) is 0 Å². The van der Waals surface area contributed by atoms with E-state index in [1.165, 1.54) is 44.9 Å². The molecule has 3 nitrogen and oxygen atoms in total. The smallest absolute Gasteiger partial charge is 0.224 e. The van der Waals surface area contributed by atoms with Gasteiger partial charge in [0.1, 0.15) is 0 Å². The van der Waals surface area contributed by atoms with Gasteiger partial charge in [-0.3, -0.25) is 4.79 Å². The Labute approximate surface area is 177 Å². The average Bonchev–Trinajstić information content (AvgIpc) is 3.03. The Bertz CT molecular complexity index is 746. The van der Waals surface area contributed by atoms with Crippen molar-refractivity contribution in [1.82, 2.24) is 4.90 Å². The van der Waals surface area contributed by atoms with Crippen LogP contribution in [-0.2, 0) is 9.53 Å². The Kier molecular flexibility index (Phi) is 5.81. The molecule has 160 valence electrons. The van der Waals surface area contributed by atoms with E-state index in [4.69, 9.17) is 4.74 Å². The number of carbonyl (C=O) groups excluding carboxylic acids is 1. The summed E-state index contributed by atoms with van der Waals surface area (Å²) in [6.45, 7) is 6.33. The van der Waals surface area contributed by atoms with Crippen LogP contribution in [0.1, 0.15) is 71.6 Å². The van der Waals surface area contributed by atoms with Crippen molar-refractivity contribution in [2.24, 2.45) is 22.7 Å². The highest BCUT2D eigenvalue weighted by molar-refractivity contribution is 5.75. The van der Waals surface area contributed by atoms with Crippen molar-refractivity contribution in [3.8, 4) is 0 Å². The Morgan fingerprint density at radius 2 is 1.93 bits per heavy atom. The molecule has 1 amide bonds. The van der Waals surface area contributed by atoms with E-state index < -0.39 is 0 Å². The van der Waals surface area contributed by atoms with Gasteiger partial charge in [-0.25, -0.2) is 0 Å². The summed E-state index contributed by atoms with van der Waals surface area (Å²) in [6.07, 6.45) is 18.4. The van der Waals surface area contributed by atoms with Gasteiger partial charge in [0.15, 0.2) is 0 Å². The molecule has 2 fully saturated rings. The third kappa shape index (κ3) is 3.65. The Balaban J connectivity index is 1.38. The van der Waals surface area contributed by atoms with Crippen LogP contribution in [-0.4, -0.2) is 38.1 Å². The van der Waals surface area contributed by atoms with Gasteiger partial charge in [-0.1, -0.05) is 55.2 Å². The fourth-order valence-corrected chi connectivity index (χ4v) is 6.77. The van der Waals surface area contributed by atoms with Gasteiger partial charge in [0.25, 0.3) is 0 Å². The molecule has 0 heterocycles. The predicted molar refractivity (Wildman–Crippen MR) is 119 cm³/mol. The Morgan fingerprint density at radius 3 is 2.72 bits per heavy atom. The average molecular weight is 398 g/mol. The number of amides is 1. The Morgan fingerprint density at radius 1 is 1.10 bits per heavy atom. The topological polar surface area (TPSA) is 29.5 Å². The largest absolute Gasteiger partial charge is 0.381 e. The highest BCUT2D eigenvalue weighted by Gasteiger charge is 2.53. The zero-order valence-corrected chi connectivity index (χ0v) is 18.9. The molecule has 0 radical (unpaired) electrons. The first-order valence-electron chi connectivity index (χ1n) is 11.7. The Hall–Kier alpha value is -1.35. The summed E-state index contributed by atoms with van der Waals surface area (Å²) in [4.78, 5) is 13.3. The van der Waals surface area contributed by atoms with Gasteiger partial charge in [0.2, 0.25) is 5.91 Å². The summed E-state index contributed by atoms with van der Waals surface area (Å²) < 4.78 is 5.82. The van der Waals surface area contributed by atoms with Crippen LogP contribution in [0.25, 0.3) is 0 Å². The highest BCUT2D eigenvalue weighted by Crippen LogP contribution is 2.63. The number of fused-ring (bicyclic) bond motifs is 5. The molecule has 0 bridgehead atoms. The van der Waals surface area contributed by atoms with Gasteiger partial charge in [-0.15, -0.1) is 0 Å². The van der Waals surface area contributed by atoms with Crippen LogP contribution in [0.4, 0.5) is 0 Å². The number of allylic oxidation sites excluding steroid dienone is 5. The minimum atomic E-state index is 0.142. The molecule has 0 saturated heterocycles. The SMILES string of the molecule is CN(C)C(=O)CCOCCC1=CC[C@@H]2C3=CC=C4CCCC[C@]4(C)[C@H]3CC[C@]12C. The van der Waals surface area contributed by atoms with Crippen molar-refractivity contribution in [2.45, 2.75) is 71.6 Å². The number of hydrogen-bond acceptors (Lipinski definition) is 2. The zero-order chi connectivity index (χ0) is 20.6. The summed E-state index contributed by atoms with van der Waals surface area (Å²) in [6, 6.07) is 0. The van der Waals surface area contributed by atoms with E-state index in [0.717, 1.165) is 18.9 Å². The standard InChI is InChI=1S/C26H39NO2/c1-25-15-6-5-7-19(25)8-10-21-22-11-9-20(26(22,2)16-12-23(21)25)13-17-29-18-14-24(28)27(3)4/h8-10,22-23H,5-7,11-18H2,1-4H3/t22-,23+,25+,26-/m1/s1. The first kappa shape index (κ1) is 20.9. The highest BCUT2D eigenvalue weighted by atomic mass is 16.5. The predicted octanol–water partition coefficient (Wildman–Crippen LogP) is 5.68. The normalized spacial score (nSPS) is 35.7. The van der Waals surface area contributed by atoms with Crippen molar-refractivity contribution < 1.29 is 9.53 Å². The molecule has 0 aromatic carbocycles. The quantitative estimate of drug-likeness (QED) is 0.426. The number of nitrogens with zero attached hydrogens (tertiary/aromatic N) is 1. The van der Waals surface area contributed by atoms with E-state index in [1.807, 2.05) is 0 Å². The van der Waals surface area contributed by atoms with E-state index >= 15 is 0 Å². The van der Waals surface area contributed by atoms with Gasteiger partial charge >= 0.3 is 0 Å². The number of rotatable bonds is 6. The van der Waals surface area contributed by atoms with Crippen molar-refractivity contribution >= 4 is 5.91 Å². The third-order valence-electron chi connectivity index (χ3n) is 8.71. The van der Waals surface area contributed by atoms with E-state index in [1.54, 1.807) is 35.7 Å². The second kappa shape index (κ2) is 8.06. The van der Waals surface area contributed by atoms with Gasteiger partial charge in [0.05, 0.1) is 19.6 Å². The molecule has 2 saturated carbocycles. The molecule has 4 atom stereocenters. The van der Waals surface area contributed by atoms with Crippen molar-refractivity contribution in [1.29, 1.82) is 0 Å². The molecular formula is C26H39NO2. The van der Waals surface area contributed by atoms with Crippen LogP contribution >= 0.6 is 0 Å². The lowest BCUT2D eigenvalue weighted by atomic mass is 9.50. The summed E-state index contributed by atoms with van der Waals surface area (Å²) in [5.41, 5.74) is 5.81. The summed E-state index contributed by atoms with van der Waals surface area (Å²) in [5, 5.41) is 0. The van der Waals surface area contributed by atoms with E-state index in [-0.39, 0.29) is 5.91 Å². The van der Waals surface area contributed by atoms with Crippen LogP contribution in [0, 0.1) is 22.7 Å². The van der Waals surface area contributed by atoms with Crippen molar-refractivity contribution in [3.63, 3.8) is 0 Å². The number of hydrogen-bond donors (Lipinski definition) is 0. The molecule has 0 aliphatic heterocycles. The van der Waals surface area contributed by atoms with Gasteiger partial charge in [0, 0.05) is 14.1 Å². The molecule has 4 rings (SSSR count). The van der Waals surface area contributed by atoms with E-state index in [0.29, 0.717) is 29.8 Å². The maximum absolute atomic E-state index is 11.7. The van der Waals surface area contributed by atoms with Crippen molar-refractivity contribution in [3.05, 3.63) is 34.9 Å². The van der Waals surface area contributed by atoms with Crippen LogP contribution in [0.3, 0.4) is 0 Å². The third-order valence-corrected chi connectivity index (χ3v) is 8.71. The molecular weight excluding hydrogens is 358 g/mol. The van der Waals surface area contributed by atoms with Gasteiger partial charge < -0.3 is 9.64 Å². The first-order valence-corrected chi connectivity index (χ1v) is 11.7. The van der Waals surface area contributed by atoms with Crippen molar-refractivity contribution in [2.75, 3.05) is 27.3 Å².